The Bertz CT molecular complexity index is 434. The second-order valence-electron chi connectivity index (χ2n) is 4.92. The summed E-state index contributed by atoms with van der Waals surface area (Å²) in [5, 5.41) is 3.97. The number of nitrogens with zero attached hydrogens (tertiary/aromatic N) is 1. The van der Waals surface area contributed by atoms with Gasteiger partial charge in [0.1, 0.15) is 11.6 Å². The van der Waals surface area contributed by atoms with E-state index < -0.39 is 12.8 Å². The molecule has 0 spiro atoms. The number of thiazole rings is 1. The first-order valence-corrected chi connectivity index (χ1v) is 7.65. The third kappa shape index (κ3) is 4.43. The average molecular weight is 308 g/mol. The molecule has 1 atom stereocenters. The molecule has 1 aromatic heterocycles. The van der Waals surface area contributed by atoms with Crippen LogP contribution in [0.25, 0.3) is 0 Å². The highest BCUT2D eigenvalue weighted by molar-refractivity contribution is 7.11. The molecule has 1 aromatic rings. The number of nitrogens with one attached hydrogen (secondary N) is 1. The van der Waals surface area contributed by atoms with Crippen molar-refractivity contribution in [3.8, 4) is 0 Å². The van der Waals surface area contributed by atoms with E-state index in [-0.39, 0.29) is 6.61 Å². The van der Waals surface area contributed by atoms with Crippen molar-refractivity contribution in [3.05, 3.63) is 15.6 Å². The number of alkyl halides is 3. The fourth-order valence-electron chi connectivity index (χ4n) is 2.39. The number of ether oxygens (including phenoxy) is 1. The van der Waals surface area contributed by atoms with E-state index in [9.17, 15) is 13.2 Å². The highest BCUT2D eigenvalue weighted by Gasteiger charge is 2.28. The quantitative estimate of drug-likeness (QED) is 0.876. The van der Waals surface area contributed by atoms with E-state index in [4.69, 9.17) is 0 Å². The molecule has 1 N–H and O–H groups in total. The van der Waals surface area contributed by atoms with Crippen LogP contribution in [0.4, 0.5) is 13.2 Å². The van der Waals surface area contributed by atoms with Crippen molar-refractivity contribution in [3.63, 3.8) is 0 Å². The Morgan fingerprint density at radius 2 is 2.25 bits per heavy atom. The van der Waals surface area contributed by atoms with Crippen LogP contribution < -0.4 is 5.32 Å². The lowest BCUT2D eigenvalue weighted by molar-refractivity contribution is -0.176. The Balaban J connectivity index is 1.95. The fourth-order valence-corrected chi connectivity index (χ4v) is 3.52. The van der Waals surface area contributed by atoms with Crippen molar-refractivity contribution in [1.82, 2.24) is 10.3 Å². The van der Waals surface area contributed by atoms with Crippen LogP contribution in [-0.2, 0) is 17.8 Å². The van der Waals surface area contributed by atoms with Gasteiger partial charge in [-0.15, -0.1) is 11.3 Å². The Hall–Kier alpha value is -0.660. The van der Waals surface area contributed by atoms with Crippen molar-refractivity contribution < 1.29 is 17.9 Å². The van der Waals surface area contributed by atoms with Gasteiger partial charge in [0.05, 0.1) is 12.3 Å². The molecule has 0 aliphatic heterocycles. The standard InChI is InChI=1S/C13H19F3N2OS/c1-2-17-6-9-4-3-5-10-12(9)18-11(20-10)7-19-8-13(14,15)16/h9,17H,2-8H2,1H3. The predicted octanol–water partition coefficient (Wildman–Crippen LogP) is 3.25. The van der Waals surface area contributed by atoms with Gasteiger partial charge in [-0.1, -0.05) is 6.92 Å². The minimum absolute atomic E-state index is 0.0505. The van der Waals surface area contributed by atoms with Gasteiger partial charge >= 0.3 is 6.18 Å². The van der Waals surface area contributed by atoms with E-state index >= 15 is 0 Å². The van der Waals surface area contributed by atoms with Crippen LogP contribution in [0, 0.1) is 0 Å². The molecule has 3 nitrogen and oxygen atoms in total. The molecule has 20 heavy (non-hydrogen) atoms. The number of aryl methyl sites for hydroxylation is 1. The molecule has 114 valence electrons. The van der Waals surface area contributed by atoms with Crippen molar-refractivity contribution >= 4 is 11.3 Å². The Morgan fingerprint density at radius 1 is 1.45 bits per heavy atom. The molecule has 0 saturated heterocycles. The minimum Gasteiger partial charge on any atom is -0.365 e. The summed E-state index contributed by atoms with van der Waals surface area (Å²) in [5.74, 6) is 0.381. The van der Waals surface area contributed by atoms with Crippen molar-refractivity contribution in [2.75, 3.05) is 19.7 Å². The van der Waals surface area contributed by atoms with Crippen molar-refractivity contribution in [1.29, 1.82) is 0 Å². The molecule has 2 rings (SSSR count). The topological polar surface area (TPSA) is 34.1 Å². The lowest BCUT2D eigenvalue weighted by Crippen LogP contribution is -2.24. The van der Waals surface area contributed by atoms with Crippen LogP contribution in [0.3, 0.4) is 0 Å². The third-order valence-corrected chi connectivity index (χ3v) is 4.35. The maximum Gasteiger partial charge on any atom is 0.411 e. The molecule has 0 bridgehead atoms. The number of likely N-dealkylation sites (N-methyl/N-ethyl adjacent to an activating group) is 1. The first kappa shape index (κ1) is 15.7. The molecule has 7 heteroatoms. The summed E-state index contributed by atoms with van der Waals surface area (Å²) < 4.78 is 40.8. The first-order valence-electron chi connectivity index (χ1n) is 6.83. The molecule has 1 aliphatic rings. The summed E-state index contributed by atoms with van der Waals surface area (Å²) in [6.45, 7) is 2.60. The molecule has 0 amide bonds. The zero-order valence-electron chi connectivity index (χ0n) is 11.4. The van der Waals surface area contributed by atoms with Gasteiger partial charge in [0.15, 0.2) is 0 Å². The molecule has 0 fully saturated rings. The minimum atomic E-state index is -4.27. The predicted molar refractivity (Wildman–Crippen MR) is 72.0 cm³/mol. The number of rotatable bonds is 6. The monoisotopic (exact) mass is 308 g/mol. The zero-order chi connectivity index (χ0) is 14.6. The van der Waals surface area contributed by atoms with Gasteiger partial charge in [0.2, 0.25) is 0 Å². The summed E-state index contributed by atoms with van der Waals surface area (Å²) in [4.78, 5) is 5.70. The lowest BCUT2D eigenvalue weighted by atomic mass is 9.91. The van der Waals surface area contributed by atoms with E-state index in [0.29, 0.717) is 10.9 Å². The van der Waals surface area contributed by atoms with Gasteiger partial charge in [0.25, 0.3) is 0 Å². The Labute approximate surface area is 120 Å². The Kier molecular flexibility index (Phi) is 5.40. The van der Waals surface area contributed by atoms with E-state index in [1.807, 2.05) is 0 Å². The summed E-state index contributed by atoms with van der Waals surface area (Å²) in [6.07, 6.45) is -1.08. The van der Waals surface area contributed by atoms with Crippen molar-refractivity contribution in [2.24, 2.45) is 0 Å². The second kappa shape index (κ2) is 6.87. The average Bonchev–Trinajstić information content (AvgIpc) is 2.78. The van der Waals surface area contributed by atoms with Gasteiger partial charge in [-0.05, 0) is 25.8 Å². The van der Waals surface area contributed by atoms with Crippen LogP contribution in [-0.4, -0.2) is 30.9 Å². The third-order valence-electron chi connectivity index (χ3n) is 3.25. The summed E-state index contributed by atoms with van der Waals surface area (Å²) in [6, 6.07) is 0. The highest BCUT2D eigenvalue weighted by Crippen LogP contribution is 2.34. The van der Waals surface area contributed by atoms with Crippen LogP contribution >= 0.6 is 11.3 Å². The van der Waals surface area contributed by atoms with Crippen LogP contribution in [0.5, 0.6) is 0 Å². The summed E-state index contributed by atoms with van der Waals surface area (Å²) in [5.41, 5.74) is 1.06. The largest absolute Gasteiger partial charge is 0.411 e. The SMILES string of the molecule is CCNCC1CCCc2sc(COCC(F)(F)F)nc21. The molecular weight excluding hydrogens is 289 g/mol. The molecule has 0 aromatic carbocycles. The van der Waals surface area contributed by atoms with Crippen LogP contribution in [0.15, 0.2) is 0 Å². The molecule has 0 radical (unpaired) electrons. The number of fused-ring (bicyclic) bond motifs is 1. The van der Waals surface area contributed by atoms with E-state index in [1.165, 1.54) is 16.2 Å². The number of hydrogen-bond acceptors (Lipinski definition) is 4. The first-order chi connectivity index (χ1) is 9.49. The smallest absolute Gasteiger partial charge is 0.365 e. The zero-order valence-corrected chi connectivity index (χ0v) is 12.2. The summed E-state index contributed by atoms with van der Waals surface area (Å²) >= 11 is 1.49. The van der Waals surface area contributed by atoms with Crippen molar-refractivity contribution in [2.45, 2.75) is 44.9 Å². The number of hydrogen-bond donors (Lipinski definition) is 1. The normalized spacial score (nSPS) is 19.1. The van der Waals surface area contributed by atoms with Gasteiger partial charge in [-0.2, -0.15) is 13.2 Å². The maximum atomic E-state index is 12.0. The van der Waals surface area contributed by atoms with Gasteiger partial charge < -0.3 is 10.1 Å². The molecule has 0 saturated carbocycles. The van der Waals surface area contributed by atoms with Gasteiger partial charge in [-0.25, -0.2) is 4.98 Å². The van der Waals surface area contributed by atoms with E-state index in [0.717, 1.165) is 38.0 Å². The molecule has 1 aliphatic carbocycles. The van der Waals surface area contributed by atoms with Gasteiger partial charge in [-0.3, -0.25) is 0 Å². The lowest BCUT2D eigenvalue weighted by Gasteiger charge is -2.21. The number of halogens is 3. The van der Waals surface area contributed by atoms with E-state index in [1.54, 1.807) is 0 Å². The second-order valence-corrected chi connectivity index (χ2v) is 6.09. The fraction of sp³-hybridized carbons (Fsp3) is 0.769. The van der Waals surface area contributed by atoms with Crippen LogP contribution in [0.1, 0.15) is 41.3 Å². The van der Waals surface area contributed by atoms with Crippen LogP contribution in [0.2, 0.25) is 0 Å². The number of aromatic nitrogens is 1. The molecular formula is C13H19F3N2OS. The van der Waals surface area contributed by atoms with E-state index in [2.05, 4.69) is 22.0 Å². The summed E-state index contributed by atoms with van der Waals surface area (Å²) in [7, 11) is 0. The maximum absolute atomic E-state index is 12.0. The highest BCUT2D eigenvalue weighted by atomic mass is 32.1. The Morgan fingerprint density at radius 3 is 2.95 bits per heavy atom. The molecule has 1 heterocycles. The molecule has 1 unspecified atom stereocenters. The van der Waals surface area contributed by atoms with Gasteiger partial charge in [0, 0.05) is 17.3 Å².